The van der Waals surface area contributed by atoms with E-state index in [1.807, 2.05) is 6.07 Å². The van der Waals surface area contributed by atoms with Gasteiger partial charge in [-0.05, 0) is 41.5 Å². The van der Waals surface area contributed by atoms with E-state index in [0.29, 0.717) is 33.3 Å². The molecule has 0 fully saturated rings. The predicted octanol–water partition coefficient (Wildman–Crippen LogP) is 7.30. The van der Waals surface area contributed by atoms with Crippen molar-refractivity contribution in [1.82, 2.24) is 9.97 Å². The fraction of sp³-hybridized carbons (Fsp3) is 0.125. The largest absolute Gasteiger partial charge is 0.359 e. The van der Waals surface area contributed by atoms with E-state index >= 15 is 0 Å². The van der Waals surface area contributed by atoms with Crippen molar-refractivity contribution in [1.29, 1.82) is 0 Å². The lowest BCUT2D eigenvalue weighted by Gasteiger charge is -2.15. The number of alkyl halides is 2. The van der Waals surface area contributed by atoms with Crippen LogP contribution in [0.3, 0.4) is 0 Å². The molecule has 0 saturated heterocycles. The summed E-state index contributed by atoms with van der Waals surface area (Å²) in [6.45, 7) is 4.75. The number of aromatic amines is 1. The first kappa shape index (κ1) is 21.0. The fourth-order valence-corrected chi connectivity index (χ4v) is 3.57. The van der Waals surface area contributed by atoms with Crippen molar-refractivity contribution < 1.29 is 13.2 Å². The molecule has 4 aromatic rings. The third kappa shape index (κ3) is 4.75. The molecule has 31 heavy (non-hydrogen) atoms. The van der Waals surface area contributed by atoms with Crippen molar-refractivity contribution >= 4 is 28.3 Å². The Labute approximate surface area is 182 Å². The van der Waals surface area contributed by atoms with Gasteiger partial charge in [0.2, 0.25) is 0 Å². The molecule has 0 aliphatic carbocycles. The van der Waals surface area contributed by atoms with E-state index in [1.54, 1.807) is 36.5 Å². The number of hydrogen-bond acceptors (Lipinski definition) is 2. The molecule has 3 nitrogen and oxygen atoms in total. The molecule has 2 aromatic carbocycles. The van der Waals surface area contributed by atoms with Crippen LogP contribution in [0.4, 0.5) is 18.9 Å². The normalized spacial score (nSPS) is 11.6. The van der Waals surface area contributed by atoms with E-state index in [0.717, 1.165) is 17.9 Å². The topological polar surface area (TPSA) is 40.7 Å². The number of fused-ring (bicyclic) bond motifs is 1. The number of allylic oxidation sites excluding steroid dienone is 1. The first-order valence-electron chi connectivity index (χ1n) is 9.55. The molecule has 0 bridgehead atoms. The monoisotopic (exact) mass is 441 g/mol. The van der Waals surface area contributed by atoms with Crippen LogP contribution in [0.25, 0.3) is 22.2 Å². The Hall–Kier alpha value is -3.25. The van der Waals surface area contributed by atoms with Crippen LogP contribution in [0, 0.1) is 5.82 Å². The minimum absolute atomic E-state index is 0.102. The van der Waals surface area contributed by atoms with Gasteiger partial charge >= 0.3 is 0 Å². The molecule has 0 radical (unpaired) electrons. The molecule has 7 heteroatoms. The summed E-state index contributed by atoms with van der Waals surface area (Å²) in [5, 5.41) is 4.30. The van der Waals surface area contributed by atoms with E-state index in [-0.39, 0.29) is 17.8 Å². The van der Waals surface area contributed by atoms with Crippen LogP contribution in [0.5, 0.6) is 0 Å². The Bertz CT molecular complexity index is 1270. The van der Waals surface area contributed by atoms with E-state index < -0.39 is 5.92 Å². The van der Waals surface area contributed by atoms with Crippen LogP contribution in [0.15, 0.2) is 73.1 Å². The SMILES string of the molecule is C=C(Cc1ccc(-c2cnc3[nH]c(Cl)cc3c2)cc1F)Nc1cccc(C(C)(F)F)c1. The molecule has 0 atom stereocenters. The van der Waals surface area contributed by atoms with Crippen molar-refractivity contribution in [3.8, 4) is 11.1 Å². The molecule has 0 saturated carbocycles. The highest BCUT2D eigenvalue weighted by molar-refractivity contribution is 6.30. The Morgan fingerprint density at radius 2 is 1.94 bits per heavy atom. The molecule has 0 amide bonds. The summed E-state index contributed by atoms with van der Waals surface area (Å²) in [7, 11) is 0. The quantitative estimate of drug-likeness (QED) is 0.329. The number of nitrogens with one attached hydrogen (secondary N) is 2. The van der Waals surface area contributed by atoms with Gasteiger partial charge in [0.15, 0.2) is 0 Å². The number of anilines is 1. The van der Waals surface area contributed by atoms with Gasteiger partial charge in [-0.2, -0.15) is 0 Å². The van der Waals surface area contributed by atoms with Crippen LogP contribution in [0.1, 0.15) is 18.1 Å². The van der Waals surface area contributed by atoms with Gasteiger partial charge in [-0.1, -0.05) is 42.4 Å². The van der Waals surface area contributed by atoms with Crippen molar-refractivity contribution in [2.45, 2.75) is 19.3 Å². The number of H-pyrrole nitrogens is 1. The van der Waals surface area contributed by atoms with Crippen molar-refractivity contribution in [3.63, 3.8) is 0 Å². The number of pyridine rings is 1. The molecule has 0 aliphatic heterocycles. The summed E-state index contributed by atoms with van der Waals surface area (Å²) in [5.74, 6) is -3.33. The smallest absolute Gasteiger partial charge is 0.270 e. The molecule has 0 aliphatic rings. The van der Waals surface area contributed by atoms with Gasteiger partial charge < -0.3 is 10.3 Å². The second-order valence-corrected chi connectivity index (χ2v) is 7.87. The first-order valence-corrected chi connectivity index (χ1v) is 9.93. The minimum Gasteiger partial charge on any atom is -0.359 e. The first-order chi connectivity index (χ1) is 14.7. The van der Waals surface area contributed by atoms with E-state index in [9.17, 15) is 13.2 Å². The van der Waals surface area contributed by atoms with Gasteiger partial charge in [-0.3, -0.25) is 0 Å². The lowest BCUT2D eigenvalue weighted by atomic mass is 10.0. The van der Waals surface area contributed by atoms with Gasteiger partial charge in [0.05, 0.1) is 0 Å². The highest BCUT2D eigenvalue weighted by Crippen LogP contribution is 2.30. The molecule has 4 rings (SSSR count). The summed E-state index contributed by atoms with van der Waals surface area (Å²) in [6.07, 6.45) is 1.87. The van der Waals surface area contributed by atoms with Crippen LogP contribution in [-0.4, -0.2) is 9.97 Å². The van der Waals surface area contributed by atoms with Crippen LogP contribution in [-0.2, 0) is 12.3 Å². The lowest BCUT2D eigenvalue weighted by molar-refractivity contribution is 0.0175. The molecule has 2 N–H and O–H groups in total. The van der Waals surface area contributed by atoms with Gasteiger partial charge in [-0.25, -0.2) is 18.2 Å². The maximum absolute atomic E-state index is 14.8. The number of benzene rings is 2. The predicted molar refractivity (Wildman–Crippen MR) is 119 cm³/mol. The van der Waals surface area contributed by atoms with Crippen molar-refractivity contribution in [2.24, 2.45) is 0 Å². The molecule has 158 valence electrons. The Morgan fingerprint density at radius 1 is 1.13 bits per heavy atom. The van der Waals surface area contributed by atoms with E-state index in [1.165, 1.54) is 18.2 Å². The maximum atomic E-state index is 14.8. The summed E-state index contributed by atoms with van der Waals surface area (Å²) >= 11 is 5.96. The average Bonchev–Trinajstić information content (AvgIpc) is 3.08. The lowest BCUT2D eigenvalue weighted by Crippen LogP contribution is -2.08. The zero-order valence-corrected chi connectivity index (χ0v) is 17.4. The number of aromatic nitrogens is 2. The zero-order chi connectivity index (χ0) is 22.2. The Morgan fingerprint density at radius 3 is 2.68 bits per heavy atom. The Kier molecular flexibility index (Phi) is 5.50. The summed E-state index contributed by atoms with van der Waals surface area (Å²) in [6, 6.07) is 14.5. The standard InChI is InChI=1S/C24H19ClF3N3/c1-14(30-20-5-3-4-19(12-20)24(2,27)28)8-16-7-6-15(10-21(16)26)18-9-17-11-22(25)31-23(17)29-13-18/h3-7,9-13,30H,1,8H2,2H3,(H,29,31). The second-order valence-electron chi connectivity index (χ2n) is 7.46. The van der Waals surface area contributed by atoms with Gasteiger partial charge in [0, 0.05) is 47.4 Å². The van der Waals surface area contributed by atoms with Crippen molar-refractivity contribution in [3.05, 3.63) is 95.2 Å². The molecular formula is C24H19ClF3N3. The van der Waals surface area contributed by atoms with Crippen molar-refractivity contribution in [2.75, 3.05) is 5.32 Å². The third-order valence-electron chi connectivity index (χ3n) is 4.92. The van der Waals surface area contributed by atoms with E-state index in [4.69, 9.17) is 11.6 Å². The maximum Gasteiger partial charge on any atom is 0.270 e. The summed E-state index contributed by atoms with van der Waals surface area (Å²) in [5.41, 5.74) is 3.43. The third-order valence-corrected chi connectivity index (χ3v) is 5.12. The number of nitrogens with zero attached hydrogens (tertiary/aromatic N) is 1. The highest BCUT2D eigenvalue weighted by Gasteiger charge is 2.24. The molecular weight excluding hydrogens is 423 g/mol. The summed E-state index contributed by atoms with van der Waals surface area (Å²) < 4.78 is 41.8. The number of halogens is 4. The highest BCUT2D eigenvalue weighted by atomic mass is 35.5. The molecule has 0 spiro atoms. The second kappa shape index (κ2) is 8.12. The van der Waals surface area contributed by atoms with Crippen LogP contribution >= 0.6 is 11.6 Å². The zero-order valence-electron chi connectivity index (χ0n) is 16.6. The number of rotatable bonds is 6. The van der Waals surface area contributed by atoms with Crippen LogP contribution < -0.4 is 5.32 Å². The van der Waals surface area contributed by atoms with Gasteiger partial charge in [0.25, 0.3) is 5.92 Å². The van der Waals surface area contributed by atoms with Crippen LogP contribution in [0.2, 0.25) is 5.15 Å². The van der Waals surface area contributed by atoms with Gasteiger partial charge in [-0.15, -0.1) is 0 Å². The number of hydrogen-bond donors (Lipinski definition) is 2. The Balaban J connectivity index is 1.49. The minimum atomic E-state index is -2.94. The van der Waals surface area contributed by atoms with Gasteiger partial charge in [0.1, 0.15) is 16.6 Å². The fourth-order valence-electron chi connectivity index (χ4n) is 3.36. The molecule has 2 heterocycles. The molecule has 2 aromatic heterocycles. The molecule has 0 unspecified atom stereocenters. The average molecular weight is 442 g/mol. The van der Waals surface area contributed by atoms with E-state index in [2.05, 4.69) is 21.9 Å². The summed E-state index contributed by atoms with van der Waals surface area (Å²) in [4.78, 5) is 7.24.